The molecule has 1 aromatic rings. The van der Waals surface area contributed by atoms with Crippen molar-refractivity contribution in [2.75, 3.05) is 20.2 Å². The van der Waals surface area contributed by atoms with E-state index in [1.807, 2.05) is 13.8 Å². The normalized spacial score (nSPS) is 26.0. The van der Waals surface area contributed by atoms with Crippen molar-refractivity contribution in [1.29, 1.82) is 0 Å². The molecular formula is C19H29N3O4S. The smallest absolute Gasteiger partial charge is 0.240 e. The van der Waals surface area contributed by atoms with Gasteiger partial charge in [0.1, 0.15) is 11.3 Å². The third-order valence-corrected chi connectivity index (χ3v) is 6.97. The Hall–Kier alpha value is -1.64. The first kappa shape index (κ1) is 20.1. The van der Waals surface area contributed by atoms with Crippen molar-refractivity contribution in [3.05, 3.63) is 24.3 Å². The number of carbonyl (C=O) groups excluding carboxylic acids is 1. The first-order valence-corrected chi connectivity index (χ1v) is 11.0. The second-order valence-electron chi connectivity index (χ2n) is 7.76. The van der Waals surface area contributed by atoms with Gasteiger partial charge in [-0.3, -0.25) is 9.69 Å². The van der Waals surface area contributed by atoms with Crippen LogP contribution in [0, 0.1) is 0 Å². The number of carbonyl (C=O) groups is 1. The lowest BCUT2D eigenvalue weighted by atomic mass is 9.84. The Morgan fingerprint density at radius 2 is 1.96 bits per heavy atom. The second-order valence-corrected chi connectivity index (χ2v) is 9.47. The van der Waals surface area contributed by atoms with E-state index in [9.17, 15) is 13.2 Å². The van der Waals surface area contributed by atoms with Crippen LogP contribution in [-0.2, 0) is 14.8 Å². The molecule has 150 valence electrons. The van der Waals surface area contributed by atoms with Crippen LogP contribution in [0.4, 0.5) is 0 Å². The van der Waals surface area contributed by atoms with Crippen molar-refractivity contribution in [2.24, 2.45) is 0 Å². The van der Waals surface area contributed by atoms with Crippen molar-refractivity contribution < 1.29 is 17.9 Å². The van der Waals surface area contributed by atoms with Crippen LogP contribution in [0.5, 0.6) is 5.75 Å². The Bertz CT molecular complexity index is 779. The summed E-state index contributed by atoms with van der Waals surface area (Å²) in [4.78, 5) is 15.3. The lowest BCUT2D eigenvalue weighted by Crippen LogP contribution is -2.58. The molecule has 0 aliphatic carbocycles. The van der Waals surface area contributed by atoms with Gasteiger partial charge in [-0.1, -0.05) is 0 Å². The van der Waals surface area contributed by atoms with Gasteiger partial charge in [-0.05, 0) is 70.3 Å². The summed E-state index contributed by atoms with van der Waals surface area (Å²) in [6.07, 6.45) is 3.29. The third-order valence-electron chi connectivity index (χ3n) is 5.43. The molecule has 0 aromatic heterocycles. The number of fused-ring (bicyclic) bond motifs is 1. The maximum atomic E-state index is 12.9. The number of benzene rings is 1. The van der Waals surface area contributed by atoms with Gasteiger partial charge in [-0.2, -0.15) is 0 Å². The minimum absolute atomic E-state index is 0.0170. The maximum Gasteiger partial charge on any atom is 0.240 e. The molecule has 0 spiro atoms. The van der Waals surface area contributed by atoms with E-state index in [4.69, 9.17) is 4.74 Å². The Balaban J connectivity index is 1.77. The van der Waals surface area contributed by atoms with Crippen LogP contribution in [-0.4, -0.2) is 57.0 Å². The first-order valence-electron chi connectivity index (χ1n) is 9.49. The van der Waals surface area contributed by atoms with E-state index in [1.54, 1.807) is 12.1 Å². The molecule has 2 aliphatic heterocycles. The van der Waals surface area contributed by atoms with Gasteiger partial charge in [-0.15, -0.1) is 0 Å². The van der Waals surface area contributed by atoms with Crippen molar-refractivity contribution in [3.8, 4) is 5.75 Å². The highest BCUT2D eigenvalue weighted by Gasteiger charge is 2.52. The summed E-state index contributed by atoms with van der Waals surface area (Å²) in [6, 6.07) is 6.10. The molecular weight excluding hydrogens is 366 g/mol. The lowest BCUT2D eigenvalue weighted by molar-refractivity contribution is -0.134. The Morgan fingerprint density at radius 1 is 1.26 bits per heavy atom. The summed E-state index contributed by atoms with van der Waals surface area (Å²) in [7, 11) is -2.11. The van der Waals surface area contributed by atoms with Crippen LogP contribution in [0.2, 0.25) is 0 Å². The van der Waals surface area contributed by atoms with Gasteiger partial charge >= 0.3 is 0 Å². The quantitative estimate of drug-likeness (QED) is 0.762. The van der Waals surface area contributed by atoms with Crippen LogP contribution in [0.15, 0.2) is 29.2 Å². The summed E-state index contributed by atoms with van der Waals surface area (Å²) in [6.45, 7) is 5.27. The zero-order valence-electron chi connectivity index (χ0n) is 16.2. The average Bonchev–Trinajstić information content (AvgIpc) is 2.99. The Labute approximate surface area is 161 Å². The number of piperidine rings is 1. The molecule has 8 heteroatoms. The number of hydrogen-bond donors (Lipinski definition) is 2. The molecule has 0 bridgehead atoms. The molecule has 0 radical (unpaired) electrons. The van der Waals surface area contributed by atoms with E-state index < -0.39 is 15.6 Å². The minimum atomic E-state index is -3.65. The number of nitrogens with one attached hydrogen (secondary N) is 2. The van der Waals surface area contributed by atoms with Gasteiger partial charge in [0.25, 0.3) is 0 Å². The van der Waals surface area contributed by atoms with Crippen LogP contribution >= 0.6 is 0 Å². The second kappa shape index (κ2) is 7.77. The highest BCUT2D eigenvalue weighted by atomic mass is 32.2. The molecule has 2 saturated heterocycles. The van der Waals surface area contributed by atoms with E-state index >= 15 is 0 Å². The molecule has 3 rings (SSSR count). The highest BCUT2D eigenvalue weighted by molar-refractivity contribution is 7.89. The molecule has 2 aliphatic rings. The van der Waals surface area contributed by atoms with Gasteiger partial charge in [0.05, 0.1) is 12.0 Å². The predicted octanol–water partition coefficient (Wildman–Crippen LogP) is 1.50. The number of amides is 1. The SMILES string of the molecule is COc1ccc(S(=O)(=O)N[C@@H]2CN3CCCC[C@@]3(C(=O)NC(C)C)C2)cc1. The van der Waals surface area contributed by atoms with Crippen molar-refractivity contribution in [3.63, 3.8) is 0 Å². The molecule has 1 aromatic carbocycles. The number of sulfonamides is 1. The Kier molecular flexibility index (Phi) is 5.79. The molecule has 7 nitrogen and oxygen atoms in total. The zero-order chi connectivity index (χ0) is 19.7. The Morgan fingerprint density at radius 3 is 2.59 bits per heavy atom. The summed E-state index contributed by atoms with van der Waals surface area (Å²) in [5.41, 5.74) is -0.602. The first-order chi connectivity index (χ1) is 12.8. The molecule has 1 amide bonds. The summed E-state index contributed by atoms with van der Waals surface area (Å²) in [5.74, 6) is 0.625. The lowest BCUT2D eigenvalue weighted by Gasteiger charge is -2.41. The number of nitrogens with zero attached hydrogens (tertiary/aromatic N) is 1. The van der Waals surface area contributed by atoms with E-state index in [-0.39, 0.29) is 22.9 Å². The number of hydrogen-bond acceptors (Lipinski definition) is 5. The van der Waals surface area contributed by atoms with Gasteiger partial charge in [0, 0.05) is 18.6 Å². The molecule has 2 atom stereocenters. The summed E-state index contributed by atoms with van der Waals surface area (Å²) in [5, 5.41) is 3.03. The highest BCUT2D eigenvalue weighted by Crippen LogP contribution is 2.38. The van der Waals surface area contributed by atoms with E-state index in [1.165, 1.54) is 19.2 Å². The summed E-state index contributed by atoms with van der Waals surface area (Å²) >= 11 is 0. The van der Waals surface area contributed by atoms with Crippen molar-refractivity contribution >= 4 is 15.9 Å². The number of ether oxygens (including phenoxy) is 1. The van der Waals surface area contributed by atoms with E-state index in [2.05, 4.69) is 14.9 Å². The fourth-order valence-corrected chi connectivity index (χ4v) is 5.42. The van der Waals surface area contributed by atoms with Gasteiger partial charge in [0.2, 0.25) is 15.9 Å². The number of rotatable bonds is 6. The van der Waals surface area contributed by atoms with Gasteiger partial charge < -0.3 is 10.1 Å². The van der Waals surface area contributed by atoms with E-state index in [0.29, 0.717) is 18.7 Å². The molecule has 2 fully saturated rings. The fraction of sp³-hybridized carbons (Fsp3) is 0.632. The third kappa shape index (κ3) is 4.12. The molecule has 27 heavy (non-hydrogen) atoms. The van der Waals surface area contributed by atoms with Crippen molar-refractivity contribution in [1.82, 2.24) is 14.9 Å². The largest absolute Gasteiger partial charge is 0.497 e. The fourth-order valence-electron chi connectivity index (χ4n) is 4.20. The number of methoxy groups -OCH3 is 1. The minimum Gasteiger partial charge on any atom is -0.497 e. The maximum absolute atomic E-state index is 12.9. The van der Waals surface area contributed by atoms with Crippen LogP contribution in [0.25, 0.3) is 0 Å². The average molecular weight is 396 g/mol. The topological polar surface area (TPSA) is 87.7 Å². The van der Waals surface area contributed by atoms with Gasteiger partial charge in [0.15, 0.2) is 0 Å². The van der Waals surface area contributed by atoms with Crippen LogP contribution in [0.3, 0.4) is 0 Å². The van der Waals surface area contributed by atoms with Gasteiger partial charge in [-0.25, -0.2) is 13.1 Å². The monoisotopic (exact) mass is 395 g/mol. The summed E-state index contributed by atoms with van der Waals surface area (Å²) < 4.78 is 33.4. The van der Waals surface area contributed by atoms with E-state index in [0.717, 1.165) is 25.8 Å². The molecule has 0 unspecified atom stereocenters. The van der Waals surface area contributed by atoms with Crippen LogP contribution < -0.4 is 14.8 Å². The molecule has 0 saturated carbocycles. The molecule has 2 N–H and O–H groups in total. The zero-order valence-corrected chi connectivity index (χ0v) is 17.0. The standard InChI is InChI=1S/C19H29N3O4S/c1-14(2)20-18(23)19-10-4-5-11-22(19)13-15(12-19)21-27(24,25)17-8-6-16(26-3)7-9-17/h6-9,14-15,21H,4-5,10-13H2,1-3H3,(H,20,23)/t15-,19-/m0/s1. The van der Waals surface area contributed by atoms with Crippen LogP contribution in [0.1, 0.15) is 39.5 Å². The molecule has 2 heterocycles. The van der Waals surface area contributed by atoms with Crippen molar-refractivity contribution in [2.45, 2.75) is 62.0 Å². The predicted molar refractivity (Wildman–Crippen MR) is 103 cm³/mol.